The minimum Gasteiger partial charge on any atom is -0.367 e. The second-order valence-corrected chi connectivity index (χ2v) is 5.69. The van der Waals surface area contributed by atoms with E-state index in [1.165, 1.54) is 0 Å². The maximum absolute atomic E-state index is 5.75. The van der Waals surface area contributed by atoms with Gasteiger partial charge in [0.05, 0.1) is 6.61 Å². The minimum atomic E-state index is -0.0492. The van der Waals surface area contributed by atoms with Gasteiger partial charge < -0.3 is 14.6 Å². The third kappa shape index (κ3) is 5.05. The molecule has 1 aliphatic heterocycles. The maximum atomic E-state index is 5.75. The summed E-state index contributed by atoms with van der Waals surface area (Å²) in [6.07, 6.45) is 2.93. The van der Waals surface area contributed by atoms with Gasteiger partial charge in [0.25, 0.3) is 0 Å². The molecule has 0 amide bonds. The number of ether oxygens (including phenoxy) is 1. The Balaban J connectivity index is 1.80. The molecule has 0 radical (unpaired) electrons. The molecule has 1 aromatic rings. The maximum Gasteiger partial charge on any atom is 0.226 e. The van der Waals surface area contributed by atoms with E-state index in [-0.39, 0.29) is 6.10 Å². The van der Waals surface area contributed by atoms with Crippen LogP contribution in [0.25, 0.3) is 0 Å². The van der Waals surface area contributed by atoms with Crippen LogP contribution in [0.5, 0.6) is 0 Å². The largest absolute Gasteiger partial charge is 0.367 e. The van der Waals surface area contributed by atoms with E-state index in [2.05, 4.69) is 41.1 Å². The summed E-state index contributed by atoms with van der Waals surface area (Å²) in [6.45, 7) is 11.2. The normalized spacial score (nSPS) is 21.6. The van der Waals surface area contributed by atoms with Gasteiger partial charge in [0.1, 0.15) is 6.10 Å². The number of morpholine rings is 1. The summed E-state index contributed by atoms with van der Waals surface area (Å²) in [6, 6.07) is 0.474. The lowest BCUT2D eigenvalue weighted by molar-refractivity contribution is -0.0334. The van der Waals surface area contributed by atoms with Crippen LogP contribution >= 0.6 is 0 Å². The molecule has 1 saturated heterocycles. The second-order valence-electron chi connectivity index (χ2n) is 5.69. The molecule has 1 aliphatic rings. The molecule has 2 unspecified atom stereocenters. The molecule has 0 aliphatic carbocycles. The Morgan fingerprint density at radius 3 is 3.05 bits per heavy atom. The van der Waals surface area contributed by atoms with Crippen molar-refractivity contribution >= 4 is 0 Å². The van der Waals surface area contributed by atoms with E-state index in [0.717, 1.165) is 52.0 Å². The van der Waals surface area contributed by atoms with Crippen LogP contribution in [0.15, 0.2) is 4.52 Å². The van der Waals surface area contributed by atoms with Crippen LogP contribution in [-0.4, -0.2) is 53.9 Å². The number of hydrogen-bond donors (Lipinski definition) is 1. The van der Waals surface area contributed by atoms with Crippen LogP contribution in [0.4, 0.5) is 0 Å². The van der Waals surface area contributed by atoms with Crippen molar-refractivity contribution in [3.63, 3.8) is 0 Å². The van der Waals surface area contributed by atoms with Gasteiger partial charge in [0, 0.05) is 25.6 Å². The molecule has 0 bridgehead atoms. The second kappa shape index (κ2) is 8.46. The van der Waals surface area contributed by atoms with Crippen LogP contribution in [0, 0.1) is 0 Å². The van der Waals surface area contributed by atoms with E-state index in [9.17, 15) is 0 Å². The minimum absolute atomic E-state index is 0.0492. The summed E-state index contributed by atoms with van der Waals surface area (Å²) in [5.74, 6) is 1.41. The zero-order valence-corrected chi connectivity index (χ0v) is 13.5. The first-order valence-corrected chi connectivity index (χ1v) is 8.12. The quantitative estimate of drug-likeness (QED) is 0.789. The Bertz CT molecular complexity index is 410. The molecule has 2 heterocycles. The fourth-order valence-electron chi connectivity index (χ4n) is 2.48. The first-order valence-electron chi connectivity index (χ1n) is 8.12. The summed E-state index contributed by atoms with van der Waals surface area (Å²) < 4.78 is 11.1. The van der Waals surface area contributed by atoms with E-state index < -0.39 is 0 Å². The molecular weight excluding hydrogens is 268 g/mol. The number of aromatic nitrogens is 2. The predicted octanol–water partition coefficient (Wildman–Crippen LogP) is 1.78. The van der Waals surface area contributed by atoms with Crippen molar-refractivity contribution in [2.45, 2.75) is 52.2 Å². The monoisotopic (exact) mass is 296 g/mol. The molecule has 6 heteroatoms. The average molecular weight is 296 g/mol. The summed E-state index contributed by atoms with van der Waals surface area (Å²) in [5.41, 5.74) is 0. The Morgan fingerprint density at radius 1 is 1.43 bits per heavy atom. The zero-order valence-electron chi connectivity index (χ0n) is 13.5. The third-order valence-electron chi connectivity index (χ3n) is 3.90. The molecule has 1 fully saturated rings. The topological polar surface area (TPSA) is 63.4 Å². The lowest BCUT2D eigenvalue weighted by atomic mass is 10.2. The highest BCUT2D eigenvalue weighted by atomic mass is 16.5. The molecular formula is C15H28N4O2. The molecule has 120 valence electrons. The third-order valence-corrected chi connectivity index (χ3v) is 3.90. The predicted molar refractivity (Wildman–Crippen MR) is 81.2 cm³/mol. The highest BCUT2D eigenvalue weighted by Gasteiger charge is 2.25. The van der Waals surface area contributed by atoms with Gasteiger partial charge in [-0.25, -0.2) is 0 Å². The van der Waals surface area contributed by atoms with Crippen molar-refractivity contribution in [3.8, 4) is 0 Å². The van der Waals surface area contributed by atoms with Crippen molar-refractivity contribution in [2.24, 2.45) is 0 Å². The Kier molecular flexibility index (Phi) is 6.60. The fourth-order valence-corrected chi connectivity index (χ4v) is 2.48. The van der Waals surface area contributed by atoms with E-state index >= 15 is 0 Å². The molecule has 1 N–H and O–H groups in total. The van der Waals surface area contributed by atoms with Gasteiger partial charge in [0.15, 0.2) is 0 Å². The molecule has 2 rings (SSSR count). The summed E-state index contributed by atoms with van der Waals surface area (Å²) in [7, 11) is 0. The standard InChI is InChI=1S/C15H28N4O2/c1-4-8-16-12(3)6-7-14-17-15(18-21-14)13-11-19(5-2)9-10-20-13/h12-13,16H,4-11H2,1-3H3. The molecule has 0 aromatic carbocycles. The molecule has 0 spiro atoms. The average Bonchev–Trinajstić information content (AvgIpc) is 3.00. The first-order chi connectivity index (χ1) is 10.2. The van der Waals surface area contributed by atoms with Gasteiger partial charge >= 0.3 is 0 Å². The fraction of sp³-hybridized carbons (Fsp3) is 0.867. The molecule has 21 heavy (non-hydrogen) atoms. The van der Waals surface area contributed by atoms with Crippen molar-refractivity contribution in [1.29, 1.82) is 0 Å². The van der Waals surface area contributed by atoms with Crippen molar-refractivity contribution in [3.05, 3.63) is 11.7 Å². The van der Waals surface area contributed by atoms with Gasteiger partial charge in [-0.2, -0.15) is 4.98 Å². The summed E-state index contributed by atoms with van der Waals surface area (Å²) in [5, 5.41) is 7.56. The zero-order chi connectivity index (χ0) is 15.1. The van der Waals surface area contributed by atoms with Gasteiger partial charge in [0.2, 0.25) is 11.7 Å². The number of likely N-dealkylation sites (N-methyl/N-ethyl adjacent to an activating group) is 1. The lowest BCUT2D eigenvalue weighted by Gasteiger charge is -2.30. The van der Waals surface area contributed by atoms with Crippen LogP contribution in [0.2, 0.25) is 0 Å². The number of hydrogen-bond acceptors (Lipinski definition) is 6. The van der Waals surface area contributed by atoms with Gasteiger partial charge in [-0.05, 0) is 32.9 Å². The van der Waals surface area contributed by atoms with Crippen molar-refractivity contribution < 1.29 is 9.26 Å². The van der Waals surface area contributed by atoms with Crippen LogP contribution in [0.3, 0.4) is 0 Å². The number of rotatable bonds is 8. The molecule has 2 atom stereocenters. The van der Waals surface area contributed by atoms with Gasteiger partial charge in [-0.1, -0.05) is 19.0 Å². The van der Waals surface area contributed by atoms with E-state index in [0.29, 0.717) is 17.8 Å². The van der Waals surface area contributed by atoms with Crippen LogP contribution in [-0.2, 0) is 11.2 Å². The number of nitrogens with one attached hydrogen (secondary N) is 1. The number of aryl methyl sites for hydroxylation is 1. The first kappa shape index (κ1) is 16.4. The highest BCUT2D eigenvalue weighted by Crippen LogP contribution is 2.19. The highest BCUT2D eigenvalue weighted by molar-refractivity contribution is 4.94. The van der Waals surface area contributed by atoms with Crippen LogP contribution < -0.4 is 5.32 Å². The lowest BCUT2D eigenvalue weighted by Crippen LogP contribution is -2.38. The van der Waals surface area contributed by atoms with Gasteiger partial charge in [-0.15, -0.1) is 0 Å². The molecule has 6 nitrogen and oxygen atoms in total. The van der Waals surface area contributed by atoms with Gasteiger partial charge in [-0.3, -0.25) is 4.90 Å². The van der Waals surface area contributed by atoms with E-state index in [4.69, 9.17) is 9.26 Å². The Hall–Kier alpha value is -0.980. The molecule has 1 aromatic heterocycles. The Labute approximate surface area is 127 Å². The summed E-state index contributed by atoms with van der Waals surface area (Å²) in [4.78, 5) is 6.85. The molecule has 0 saturated carbocycles. The van der Waals surface area contributed by atoms with Crippen molar-refractivity contribution in [1.82, 2.24) is 20.4 Å². The van der Waals surface area contributed by atoms with E-state index in [1.807, 2.05) is 0 Å². The smallest absolute Gasteiger partial charge is 0.226 e. The SMILES string of the molecule is CCCNC(C)CCc1nc(C2CN(CC)CCO2)no1. The van der Waals surface area contributed by atoms with Crippen LogP contribution in [0.1, 0.15) is 51.4 Å². The number of nitrogens with zero attached hydrogens (tertiary/aromatic N) is 3. The van der Waals surface area contributed by atoms with E-state index in [1.54, 1.807) is 0 Å². The Morgan fingerprint density at radius 2 is 2.29 bits per heavy atom. The summed E-state index contributed by atoms with van der Waals surface area (Å²) >= 11 is 0. The van der Waals surface area contributed by atoms with Crippen molar-refractivity contribution in [2.75, 3.05) is 32.8 Å².